The summed E-state index contributed by atoms with van der Waals surface area (Å²) in [5, 5.41) is 10.3. The maximum atomic E-state index is 6.78. The molecule has 0 spiro atoms. The topological polar surface area (TPSA) is 42.4 Å². The van der Waals surface area contributed by atoms with Crippen LogP contribution in [0.25, 0.3) is 0 Å². The van der Waals surface area contributed by atoms with Gasteiger partial charge < -0.3 is 33.7 Å². The average molecular weight is 979 g/mol. The van der Waals surface area contributed by atoms with Gasteiger partial charge >= 0.3 is 31.1 Å². The molecule has 0 fully saturated rings. The van der Waals surface area contributed by atoms with Gasteiger partial charge in [-0.3, -0.25) is 0 Å². The Balaban J connectivity index is -0.00000136. The summed E-state index contributed by atoms with van der Waals surface area (Å²) in [5.41, 5.74) is 3.77. The van der Waals surface area contributed by atoms with Crippen molar-refractivity contribution < 1.29 is 31.1 Å². The third-order valence-corrected chi connectivity index (χ3v) is 10.6. The van der Waals surface area contributed by atoms with Gasteiger partial charge in [0.1, 0.15) is 0 Å². The Bertz CT molecular complexity index is 791. The molecule has 0 saturated carbocycles. The molecule has 0 rings (SSSR count). The largest absolute Gasteiger partial charge is 2.00 e. The molecule has 0 aromatic heterocycles. The third kappa shape index (κ3) is 44.2. The van der Waals surface area contributed by atoms with E-state index >= 15 is 0 Å². The van der Waals surface area contributed by atoms with Gasteiger partial charge in [0, 0.05) is 31.0 Å². The molecule has 5 heteroatoms. The van der Waals surface area contributed by atoms with Gasteiger partial charge in [-0.1, -0.05) is 188 Å². The van der Waals surface area contributed by atoms with Crippen LogP contribution in [0.5, 0.6) is 0 Å². The summed E-state index contributed by atoms with van der Waals surface area (Å²) in [6, 6.07) is 0. The van der Waals surface area contributed by atoms with Gasteiger partial charge in [-0.25, -0.2) is 0 Å². The zero-order valence-electron chi connectivity index (χ0n) is 37.4. The second-order valence-corrected chi connectivity index (χ2v) is 15.9. The smallest absolute Gasteiger partial charge is 0.519 e. The molecular weight excluding hydrogens is 883 g/mol. The molecule has 4 nitrogen and oxygen atoms in total. The van der Waals surface area contributed by atoms with E-state index in [2.05, 4.69) is 75.7 Å². The van der Waals surface area contributed by atoms with Gasteiger partial charge in [0.2, 0.25) is 0 Å². The summed E-state index contributed by atoms with van der Waals surface area (Å²) in [7, 11) is 0. The van der Waals surface area contributed by atoms with Gasteiger partial charge in [-0.15, -0.1) is 6.54 Å². The second kappa shape index (κ2) is 48.7. The molecule has 0 aliphatic heterocycles. The van der Waals surface area contributed by atoms with Crippen molar-refractivity contribution in [2.75, 3.05) is 39.3 Å². The molecule has 316 valence electrons. The van der Waals surface area contributed by atoms with Crippen LogP contribution in [0.3, 0.4) is 0 Å². The standard InChI is InChI=1S/C35H68N3.C14H28N.U/c1-8-12-13-14-15-16-17-18-19-20-21-24-33(5)25-22-23-31-38(11-4)35(7)27-26-34(6)36-28-32-37(29-9-2)30-10-3;1-2-3-4-5-6-7-8-9-10-11-12-13-14-15;/h36H,4-32H2,1-3H3;15H,2-13H2,1H3;/q2*-1;+2. The van der Waals surface area contributed by atoms with Gasteiger partial charge in [-0.05, 0) is 70.9 Å². The summed E-state index contributed by atoms with van der Waals surface area (Å²) in [4.78, 5) is 4.89. The molecule has 54 heavy (non-hydrogen) atoms. The Labute approximate surface area is 365 Å². The predicted molar refractivity (Wildman–Crippen MR) is 242 cm³/mol. The Morgan fingerprint density at radius 1 is 0.519 bits per heavy atom. The Morgan fingerprint density at radius 3 is 1.37 bits per heavy atom. The average Bonchev–Trinajstić information content (AvgIpc) is 3.15. The first-order valence-corrected chi connectivity index (χ1v) is 23.3. The first-order chi connectivity index (χ1) is 25.9. The van der Waals surface area contributed by atoms with Crippen molar-refractivity contribution in [1.82, 2.24) is 15.1 Å². The van der Waals surface area contributed by atoms with Gasteiger partial charge in [0.25, 0.3) is 0 Å². The van der Waals surface area contributed by atoms with Crippen LogP contribution >= 0.6 is 0 Å². The molecule has 2 N–H and O–H groups in total. The number of nitrogens with one attached hydrogen (secondary N) is 2. The fourth-order valence-corrected chi connectivity index (χ4v) is 7.05. The molecule has 0 atom stereocenters. The molecule has 0 amide bonds. The van der Waals surface area contributed by atoms with E-state index in [4.69, 9.17) is 5.41 Å². The molecule has 0 aromatic carbocycles. The molecule has 0 heterocycles. The Morgan fingerprint density at radius 2 is 0.944 bits per heavy atom. The van der Waals surface area contributed by atoms with Crippen LogP contribution in [0, 0.1) is 43.4 Å². The van der Waals surface area contributed by atoms with Gasteiger partial charge in [-0.2, -0.15) is 6.42 Å². The molecule has 0 aliphatic rings. The number of hydrogen-bond donors (Lipinski definition) is 2. The van der Waals surface area contributed by atoms with Crippen LogP contribution < -0.4 is 5.32 Å². The second-order valence-electron chi connectivity index (χ2n) is 15.9. The minimum Gasteiger partial charge on any atom is -0.519 e. The molecule has 0 saturated heterocycles. The van der Waals surface area contributed by atoms with E-state index in [1.54, 1.807) is 0 Å². The summed E-state index contributed by atoms with van der Waals surface area (Å²) < 4.78 is 0. The van der Waals surface area contributed by atoms with Crippen molar-refractivity contribution in [3.8, 4) is 0 Å². The summed E-state index contributed by atoms with van der Waals surface area (Å²) in [6.45, 7) is 32.5. The third-order valence-electron chi connectivity index (χ3n) is 10.6. The van der Waals surface area contributed by atoms with Crippen LogP contribution in [0.15, 0.2) is 36.7 Å². The van der Waals surface area contributed by atoms with E-state index in [-0.39, 0.29) is 31.1 Å². The maximum absolute atomic E-state index is 6.78. The Kier molecular flexibility index (Phi) is 52.1. The first-order valence-electron chi connectivity index (χ1n) is 23.3. The fourth-order valence-electron chi connectivity index (χ4n) is 7.05. The van der Waals surface area contributed by atoms with Crippen molar-refractivity contribution >= 4 is 6.21 Å². The van der Waals surface area contributed by atoms with Crippen LogP contribution in [-0.4, -0.2) is 55.3 Å². The van der Waals surface area contributed by atoms with Crippen LogP contribution in [0.1, 0.15) is 227 Å². The van der Waals surface area contributed by atoms with E-state index in [0.29, 0.717) is 0 Å². The van der Waals surface area contributed by atoms with Crippen molar-refractivity contribution in [2.24, 2.45) is 0 Å². The molecule has 0 unspecified atom stereocenters. The van der Waals surface area contributed by atoms with E-state index < -0.39 is 0 Å². The predicted octanol–water partition coefficient (Wildman–Crippen LogP) is 15.3. The fraction of sp³-hybridized carbons (Fsp3) is 0.837. The molecule has 0 aromatic rings. The van der Waals surface area contributed by atoms with E-state index in [0.717, 1.165) is 51.1 Å². The molecule has 0 bridgehead atoms. The number of rotatable bonds is 42. The summed E-state index contributed by atoms with van der Waals surface area (Å²) in [5.74, 6) is 0. The van der Waals surface area contributed by atoms with Crippen LogP contribution in [-0.2, 0) is 0 Å². The monoisotopic (exact) mass is 979 g/mol. The van der Waals surface area contributed by atoms with Crippen molar-refractivity contribution in [3.05, 3.63) is 43.6 Å². The minimum absolute atomic E-state index is 0. The quantitative estimate of drug-likeness (QED) is 0.0277. The van der Waals surface area contributed by atoms with E-state index in [1.165, 1.54) is 204 Å². The zero-order chi connectivity index (χ0) is 39.5. The van der Waals surface area contributed by atoms with Crippen LogP contribution in [0.2, 0.25) is 0 Å². The zero-order valence-corrected chi connectivity index (χ0v) is 41.5. The number of nitrogens with zero attached hydrogens (tertiary/aromatic N) is 2. The SMILES string of the molecule is C=C(CCCCCCCCCCCCC)CCCCN(C[CH2-])C(=C)CCC(=C)NCCN(CCC)CCC.CCCCCCCCCCCCC[C-]=N.[U+2]. The number of unbranched alkanes of at least 4 members (excludes halogenated alkanes) is 22. The van der Waals surface area contributed by atoms with Gasteiger partial charge in [0.05, 0.1) is 0 Å². The molecule has 0 aliphatic carbocycles. The number of allylic oxidation sites excluding steroid dienone is 3. The summed E-state index contributed by atoms with van der Waals surface area (Å²) in [6.07, 6.45) is 43.1. The summed E-state index contributed by atoms with van der Waals surface area (Å²) >= 11 is 0. The molecule has 0 radical (unpaired) electrons. The minimum atomic E-state index is 0. The van der Waals surface area contributed by atoms with E-state index in [9.17, 15) is 0 Å². The number of hydrogen-bond acceptors (Lipinski definition) is 4. The van der Waals surface area contributed by atoms with Crippen molar-refractivity contribution in [1.29, 1.82) is 5.41 Å². The molecular formula is C49H96N4U. The van der Waals surface area contributed by atoms with E-state index in [1.807, 2.05) is 0 Å². The maximum Gasteiger partial charge on any atom is 2.00 e. The normalized spacial score (nSPS) is 10.8. The van der Waals surface area contributed by atoms with Crippen molar-refractivity contribution in [2.45, 2.75) is 227 Å². The van der Waals surface area contributed by atoms with Crippen LogP contribution in [0.4, 0.5) is 0 Å². The Hall–Kier alpha value is -0.498. The first kappa shape index (κ1) is 57.8. The van der Waals surface area contributed by atoms with Crippen molar-refractivity contribution in [3.63, 3.8) is 0 Å². The van der Waals surface area contributed by atoms with Gasteiger partial charge in [0.15, 0.2) is 0 Å².